The number of hydrogen-bond acceptors (Lipinski definition) is 1. The zero-order chi connectivity index (χ0) is 13.8. The Balaban J connectivity index is 2.25. The van der Waals surface area contributed by atoms with Crippen molar-refractivity contribution in [3.8, 4) is 5.75 Å². The summed E-state index contributed by atoms with van der Waals surface area (Å²) in [6.45, 7) is 2.56. The summed E-state index contributed by atoms with van der Waals surface area (Å²) in [4.78, 5) is -0.208. The van der Waals surface area contributed by atoms with Crippen LogP contribution in [0.1, 0.15) is 22.9 Å². The van der Waals surface area contributed by atoms with E-state index >= 15 is 0 Å². The second kappa shape index (κ2) is 6.40. The van der Waals surface area contributed by atoms with E-state index in [4.69, 9.17) is 16.3 Å². The van der Waals surface area contributed by atoms with Crippen molar-refractivity contribution >= 4 is 27.5 Å². The highest BCUT2D eigenvalue weighted by Crippen LogP contribution is 2.34. The molecule has 0 amide bonds. The standard InChI is InChI=1S/C15H13BrClFO/c1-2-19-12-6-3-10(4-7-12)15(16)13-8-5-11(17)9-14(13)18/h3-9,15H,2H2,1H3. The van der Waals surface area contributed by atoms with Crippen molar-refractivity contribution in [2.45, 2.75) is 11.8 Å². The van der Waals surface area contributed by atoms with Gasteiger partial charge in [-0.15, -0.1) is 0 Å². The maximum Gasteiger partial charge on any atom is 0.129 e. The van der Waals surface area contributed by atoms with E-state index in [9.17, 15) is 4.39 Å². The molecule has 1 unspecified atom stereocenters. The summed E-state index contributed by atoms with van der Waals surface area (Å²) in [6.07, 6.45) is 0. The Morgan fingerprint density at radius 2 is 1.89 bits per heavy atom. The Bertz CT molecular complexity index is 557. The molecule has 0 aliphatic carbocycles. The fourth-order valence-corrected chi connectivity index (χ4v) is 2.62. The SMILES string of the molecule is CCOc1ccc(C(Br)c2ccc(Cl)cc2F)cc1. The lowest BCUT2D eigenvalue weighted by Gasteiger charge is -2.13. The van der Waals surface area contributed by atoms with Gasteiger partial charge >= 0.3 is 0 Å². The van der Waals surface area contributed by atoms with E-state index in [1.807, 2.05) is 31.2 Å². The van der Waals surface area contributed by atoms with Crippen LogP contribution in [0.2, 0.25) is 5.02 Å². The molecule has 0 bridgehead atoms. The van der Waals surface area contributed by atoms with E-state index in [0.29, 0.717) is 17.2 Å². The van der Waals surface area contributed by atoms with Gasteiger partial charge in [-0.25, -0.2) is 4.39 Å². The molecule has 0 N–H and O–H groups in total. The van der Waals surface area contributed by atoms with Gasteiger partial charge in [0.2, 0.25) is 0 Å². The van der Waals surface area contributed by atoms with Crippen LogP contribution >= 0.6 is 27.5 Å². The van der Waals surface area contributed by atoms with Crippen LogP contribution in [-0.2, 0) is 0 Å². The van der Waals surface area contributed by atoms with Crippen molar-refractivity contribution in [1.29, 1.82) is 0 Å². The Morgan fingerprint density at radius 1 is 1.21 bits per heavy atom. The third-order valence-electron chi connectivity index (χ3n) is 2.72. The largest absolute Gasteiger partial charge is 0.494 e. The van der Waals surface area contributed by atoms with Crippen molar-refractivity contribution < 1.29 is 9.13 Å². The summed E-state index contributed by atoms with van der Waals surface area (Å²) in [6, 6.07) is 12.3. The van der Waals surface area contributed by atoms with Gasteiger partial charge in [0.1, 0.15) is 11.6 Å². The second-order valence-corrected chi connectivity index (χ2v) is 5.38. The molecular formula is C15H13BrClFO. The molecule has 0 saturated heterocycles. The highest BCUT2D eigenvalue weighted by atomic mass is 79.9. The normalized spacial score (nSPS) is 12.2. The smallest absolute Gasteiger partial charge is 0.129 e. The number of halogens is 3. The summed E-state index contributed by atoms with van der Waals surface area (Å²) in [5, 5.41) is 0.396. The summed E-state index contributed by atoms with van der Waals surface area (Å²) < 4.78 is 19.2. The molecule has 4 heteroatoms. The van der Waals surface area contributed by atoms with Gasteiger partial charge in [-0.05, 0) is 36.8 Å². The molecule has 19 heavy (non-hydrogen) atoms. The van der Waals surface area contributed by atoms with Gasteiger partial charge < -0.3 is 4.74 Å². The molecule has 0 aliphatic rings. The summed E-state index contributed by atoms with van der Waals surface area (Å²) in [5.41, 5.74) is 1.53. The first kappa shape index (κ1) is 14.4. The average molecular weight is 344 g/mol. The Hall–Kier alpha value is -1.06. The molecule has 0 saturated carbocycles. The molecule has 2 aromatic carbocycles. The van der Waals surface area contributed by atoms with Gasteiger partial charge in [0.05, 0.1) is 11.4 Å². The number of rotatable bonds is 4. The minimum Gasteiger partial charge on any atom is -0.494 e. The first-order chi connectivity index (χ1) is 9.11. The Morgan fingerprint density at radius 3 is 2.47 bits per heavy atom. The predicted molar refractivity (Wildman–Crippen MR) is 79.8 cm³/mol. The number of alkyl halides is 1. The van der Waals surface area contributed by atoms with Crippen LogP contribution in [0.15, 0.2) is 42.5 Å². The highest BCUT2D eigenvalue weighted by molar-refractivity contribution is 9.09. The monoisotopic (exact) mass is 342 g/mol. The van der Waals surface area contributed by atoms with Crippen molar-refractivity contribution in [3.63, 3.8) is 0 Å². The molecule has 0 heterocycles. The summed E-state index contributed by atoms with van der Waals surface area (Å²) in [7, 11) is 0. The predicted octanol–water partition coefficient (Wildman–Crippen LogP) is 5.36. The first-order valence-electron chi connectivity index (χ1n) is 5.93. The molecule has 0 radical (unpaired) electrons. The second-order valence-electron chi connectivity index (χ2n) is 4.03. The number of hydrogen-bond donors (Lipinski definition) is 0. The highest BCUT2D eigenvalue weighted by Gasteiger charge is 2.15. The average Bonchev–Trinajstić information content (AvgIpc) is 2.39. The van der Waals surface area contributed by atoms with Crippen LogP contribution in [0.25, 0.3) is 0 Å². The topological polar surface area (TPSA) is 9.23 Å². The van der Waals surface area contributed by atoms with Gasteiger partial charge in [0.15, 0.2) is 0 Å². The van der Waals surface area contributed by atoms with Gasteiger partial charge in [-0.2, -0.15) is 0 Å². The summed E-state index contributed by atoms with van der Waals surface area (Å²) in [5.74, 6) is 0.491. The fraction of sp³-hybridized carbons (Fsp3) is 0.200. The van der Waals surface area contributed by atoms with Crippen LogP contribution in [0, 0.1) is 5.82 Å². The van der Waals surface area contributed by atoms with Crippen molar-refractivity contribution in [2.75, 3.05) is 6.61 Å². The fourth-order valence-electron chi connectivity index (χ4n) is 1.79. The lowest BCUT2D eigenvalue weighted by molar-refractivity contribution is 0.340. The lowest BCUT2D eigenvalue weighted by Crippen LogP contribution is -1.97. The van der Waals surface area contributed by atoms with Crippen LogP contribution in [0.3, 0.4) is 0 Å². The Labute approximate surface area is 125 Å². The van der Waals surface area contributed by atoms with Crippen LogP contribution < -0.4 is 4.74 Å². The number of ether oxygens (including phenoxy) is 1. The molecule has 0 spiro atoms. The zero-order valence-electron chi connectivity index (χ0n) is 10.4. The molecule has 100 valence electrons. The van der Waals surface area contributed by atoms with Gasteiger partial charge in [-0.1, -0.05) is 45.7 Å². The molecule has 0 aliphatic heterocycles. The van der Waals surface area contributed by atoms with E-state index in [1.54, 1.807) is 12.1 Å². The van der Waals surface area contributed by atoms with E-state index in [0.717, 1.165) is 11.3 Å². The summed E-state index contributed by atoms with van der Waals surface area (Å²) >= 11 is 9.26. The van der Waals surface area contributed by atoms with E-state index < -0.39 is 0 Å². The molecule has 1 nitrogen and oxygen atoms in total. The third kappa shape index (κ3) is 3.48. The van der Waals surface area contributed by atoms with Crippen LogP contribution in [0.5, 0.6) is 5.75 Å². The van der Waals surface area contributed by atoms with Crippen molar-refractivity contribution in [2.24, 2.45) is 0 Å². The van der Waals surface area contributed by atoms with Crippen molar-refractivity contribution in [1.82, 2.24) is 0 Å². The van der Waals surface area contributed by atoms with Gasteiger partial charge in [0, 0.05) is 10.6 Å². The Kier molecular flexibility index (Phi) is 4.83. The van der Waals surface area contributed by atoms with Gasteiger partial charge in [0.25, 0.3) is 0 Å². The number of benzene rings is 2. The van der Waals surface area contributed by atoms with E-state index in [1.165, 1.54) is 6.07 Å². The molecule has 2 rings (SSSR count). The van der Waals surface area contributed by atoms with E-state index in [-0.39, 0.29) is 10.6 Å². The quantitative estimate of drug-likeness (QED) is 0.679. The maximum absolute atomic E-state index is 13.8. The minimum atomic E-state index is -0.316. The molecule has 0 fully saturated rings. The van der Waals surface area contributed by atoms with Crippen LogP contribution in [-0.4, -0.2) is 6.61 Å². The van der Waals surface area contributed by atoms with Crippen molar-refractivity contribution in [3.05, 3.63) is 64.4 Å². The third-order valence-corrected chi connectivity index (χ3v) is 3.98. The minimum absolute atomic E-state index is 0.208. The maximum atomic E-state index is 13.8. The molecule has 0 aromatic heterocycles. The first-order valence-corrected chi connectivity index (χ1v) is 7.23. The van der Waals surface area contributed by atoms with Gasteiger partial charge in [-0.3, -0.25) is 0 Å². The molecule has 1 atom stereocenters. The molecular weight excluding hydrogens is 331 g/mol. The molecule has 2 aromatic rings. The lowest BCUT2D eigenvalue weighted by atomic mass is 10.0. The van der Waals surface area contributed by atoms with E-state index in [2.05, 4.69) is 15.9 Å². The zero-order valence-corrected chi connectivity index (χ0v) is 12.7. The van der Waals surface area contributed by atoms with Crippen LogP contribution in [0.4, 0.5) is 4.39 Å².